The van der Waals surface area contributed by atoms with Crippen LogP contribution in [0.2, 0.25) is 0 Å². The molecule has 1 aliphatic rings. The summed E-state index contributed by atoms with van der Waals surface area (Å²) in [5.74, 6) is -0.633. The highest BCUT2D eigenvalue weighted by Crippen LogP contribution is 2.24. The van der Waals surface area contributed by atoms with Crippen molar-refractivity contribution >= 4 is 23.3 Å². The number of benzene rings is 3. The van der Waals surface area contributed by atoms with E-state index in [0.717, 1.165) is 17.7 Å². The molecule has 0 aromatic heterocycles. The zero-order chi connectivity index (χ0) is 22.5. The van der Waals surface area contributed by atoms with E-state index in [-0.39, 0.29) is 17.8 Å². The Morgan fingerprint density at radius 2 is 1.81 bits per heavy atom. The SMILES string of the molecule is N#Cc1cccc(C(=O)Nc2ccc(N3CCCN(Cc4cccc(F)c4)C3=O)cc2)c1. The Morgan fingerprint density at radius 3 is 2.56 bits per heavy atom. The average Bonchev–Trinajstić information content (AvgIpc) is 2.81. The van der Waals surface area contributed by atoms with Crippen molar-refractivity contribution in [3.63, 3.8) is 0 Å². The second-order valence-electron chi connectivity index (χ2n) is 7.53. The van der Waals surface area contributed by atoms with Gasteiger partial charge in [-0.3, -0.25) is 9.69 Å². The smallest absolute Gasteiger partial charge is 0.322 e. The molecule has 0 atom stereocenters. The molecule has 0 radical (unpaired) electrons. The van der Waals surface area contributed by atoms with Crippen molar-refractivity contribution in [1.82, 2.24) is 4.90 Å². The average molecular weight is 428 g/mol. The molecule has 0 saturated carbocycles. The zero-order valence-electron chi connectivity index (χ0n) is 17.3. The van der Waals surface area contributed by atoms with E-state index in [4.69, 9.17) is 5.26 Å². The normalized spacial score (nSPS) is 13.6. The van der Waals surface area contributed by atoms with Gasteiger partial charge in [0.15, 0.2) is 0 Å². The fraction of sp³-hybridized carbons (Fsp3) is 0.160. The molecule has 3 aromatic carbocycles. The number of carbonyl (C=O) groups excluding carboxylic acids is 2. The predicted molar refractivity (Wildman–Crippen MR) is 120 cm³/mol. The monoisotopic (exact) mass is 428 g/mol. The van der Waals surface area contributed by atoms with Crippen molar-refractivity contribution in [3.8, 4) is 6.07 Å². The Kier molecular flexibility index (Phi) is 6.13. The number of halogens is 1. The van der Waals surface area contributed by atoms with Gasteiger partial charge >= 0.3 is 6.03 Å². The lowest BCUT2D eigenvalue weighted by Crippen LogP contribution is -2.49. The molecule has 32 heavy (non-hydrogen) atoms. The minimum Gasteiger partial charge on any atom is -0.322 e. The fourth-order valence-electron chi connectivity index (χ4n) is 3.68. The Balaban J connectivity index is 1.43. The zero-order valence-corrected chi connectivity index (χ0v) is 17.3. The summed E-state index contributed by atoms with van der Waals surface area (Å²) in [5, 5.41) is 11.8. The Bertz CT molecular complexity index is 1190. The summed E-state index contributed by atoms with van der Waals surface area (Å²) in [5.41, 5.74) is 2.87. The lowest BCUT2D eigenvalue weighted by molar-refractivity contribution is 0.102. The number of hydrogen-bond donors (Lipinski definition) is 1. The van der Waals surface area contributed by atoms with Crippen molar-refractivity contribution in [2.45, 2.75) is 13.0 Å². The van der Waals surface area contributed by atoms with E-state index in [1.165, 1.54) is 18.2 Å². The number of nitriles is 1. The standard InChI is InChI=1S/C25H21FN4O2/c26-21-7-2-5-19(15-21)17-29-12-3-13-30(25(29)32)23-10-8-22(9-11-23)28-24(31)20-6-1-4-18(14-20)16-27/h1-2,4-11,14-15H,3,12-13,17H2,(H,28,31). The topological polar surface area (TPSA) is 76.4 Å². The van der Waals surface area contributed by atoms with Crippen LogP contribution in [0.15, 0.2) is 72.8 Å². The molecule has 0 aliphatic carbocycles. The van der Waals surface area contributed by atoms with E-state index in [0.29, 0.717) is 36.4 Å². The summed E-state index contributed by atoms with van der Waals surface area (Å²) in [7, 11) is 0. The minimum atomic E-state index is -0.319. The number of nitrogens with one attached hydrogen (secondary N) is 1. The summed E-state index contributed by atoms with van der Waals surface area (Å²) in [6, 6.07) is 21.7. The summed E-state index contributed by atoms with van der Waals surface area (Å²) >= 11 is 0. The van der Waals surface area contributed by atoms with Crippen molar-refractivity contribution < 1.29 is 14.0 Å². The molecular formula is C25H21FN4O2. The van der Waals surface area contributed by atoms with E-state index >= 15 is 0 Å². The molecule has 1 saturated heterocycles. The molecule has 7 heteroatoms. The van der Waals surface area contributed by atoms with Crippen molar-refractivity contribution in [1.29, 1.82) is 5.26 Å². The number of amides is 3. The van der Waals surface area contributed by atoms with Crippen LogP contribution in [-0.2, 0) is 6.54 Å². The van der Waals surface area contributed by atoms with E-state index in [9.17, 15) is 14.0 Å². The van der Waals surface area contributed by atoms with Crippen LogP contribution < -0.4 is 10.2 Å². The summed E-state index contributed by atoms with van der Waals surface area (Å²) in [4.78, 5) is 28.8. The van der Waals surface area contributed by atoms with Gasteiger partial charge < -0.3 is 10.2 Å². The Morgan fingerprint density at radius 1 is 1.03 bits per heavy atom. The van der Waals surface area contributed by atoms with Crippen molar-refractivity contribution in [2.75, 3.05) is 23.3 Å². The van der Waals surface area contributed by atoms with Gasteiger partial charge in [0.05, 0.1) is 11.6 Å². The van der Waals surface area contributed by atoms with Crippen molar-refractivity contribution in [3.05, 3.63) is 95.3 Å². The highest BCUT2D eigenvalue weighted by atomic mass is 19.1. The summed E-state index contributed by atoms with van der Waals surface area (Å²) < 4.78 is 13.5. The van der Waals surface area contributed by atoms with Gasteiger partial charge in [-0.25, -0.2) is 9.18 Å². The maximum atomic E-state index is 13.5. The fourth-order valence-corrected chi connectivity index (χ4v) is 3.68. The van der Waals surface area contributed by atoms with Crippen LogP contribution in [0.4, 0.5) is 20.6 Å². The van der Waals surface area contributed by atoms with Crippen molar-refractivity contribution in [2.24, 2.45) is 0 Å². The maximum Gasteiger partial charge on any atom is 0.324 e. The number of nitrogens with zero attached hydrogens (tertiary/aromatic N) is 3. The van der Waals surface area contributed by atoms with E-state index in [1.807, 2.05) is 6.07 Å². The summed E-state index contributed by atoms with van der Waals surface area (Å²) in [6.45, 7) is 1.55. The van der Waals surface area contributed by atoms with Crippen LogP contribution in [0.1, 0.15) is 27.9 Å². The molecule has 1 heterocycles. The largest absolute Gasteiger partial charge is 0.324 e. The quantitative estimate of drug-likeness (QED) is 0.635. The Labute approximate surface area is 185 Å². The predicted octanol–water partition coefficient (Wildman–Crippen LogP) is 4.78. The molecule has 0 spiro atoms. The first-order valence-electron chi connectivity index (χ1n) is 10.3. The van der Waals surface area contributed by atoms with Gasteiger partial charge in [0.2, 0.25) is 0 Å². The van der Waals surface area contributed by atoms with Gasteiger partial charge in [-0.1, -0.05) is 18.2 Å². The molecule has 3 aromatic rings. The van der Waals surface area contributed by atoms with Gasteiger partial charge in [-0.15, -0.1) is 0 Å². The van der Waals surface area contributed by atoms with E-state index < -0.39 is 0 Å². The highest BCUT2D eigenvalue weighted by Gasteiger charge is 2.26. The van der Waals surface area contributed by atoms with E-state index in [1.54, 1.807) is 64.4 Å². The van der Waals surface area contributed by atoms with Gasteiger partial charge in [0.1, 0.15) is 5.82 Å². The lowest BCUT2D eigenvalue weighted by atomic mass is 10.1. The third kappa shape index (κ3) is 4.76. The van der Waals surface area contributed by atoms with Gasteiger partial charge in [-0.2, -0.15) is 5.26 Å². The number of hydrogen-bond acceptors (Lipinski definition) is 3. The molecule has 1 fully saturated rings. The van der Waals surface area contributed by atoms with Crippen LogP contribution in [0, 0.1) is 17.1 Å². The highest BCUT2D eigenvalue weighted by molar-refractivity contribution is 6.04. The van der Waals surface area contributed by atoms with Crippen LogP contribution >= 0.6 is 0 Å². The molecule has 0 bridgehead atoms. The molecule has 160 valence electrons. The van der Waals surface area contributed by atoms with Gasteiger partial charge in [-0.05, 0) is 66.6 Å². The number of rotatable bonds is 5. The Hall–Kier alpha value is -4.18. The molecule has 6 nitrogen and oxygen atoms in total. The second-order valence-corrected chi connectivity index (χ2v) is 7.53. The second kappa shape index (κ2) is 9.31. The first-order chi connectivity index (χ1) is 15.5. The molecule has 4 rings (SSSR count). The van der Waals surface area contributed by atoms with E-state index in [2.05, 4.69) is 5.32 Å². The number of carbonyl (C=O) groups is 2. The minimum absolute atomic E-state index is 0.134. The first kappa shape index (κ1) is 21.1. The number of urea groups is 1. The van der Waals surface area contributed by atoms with Crippen LogP contribution in [0.5, 0.6) is 0 Å². The third-order valence-electron chi connectivity index (χ3n) is 5.26. The first-order valence-corrected chi connectivity index (χ1v) is 10.3. The van der Waals surface area contributed by atoms with Crippen LogP contribution in [0.25, 0.3) is 0 Å². The molecule has 1 N–H and O–H groups in total. The molecule has 0 unspecified atom stereocenters. The molecule has 1 aliphatic heterocycles. The maximum absolute atomic E-state index is 13.5. The number of anilines is 2. The van der Waals surface area contributed by atoms with Gasteiger partial charge in [0.25, 0.3) is 5.91 Å². The lowest BCUT2D eigenvalue weighted by Gasteiger charge is -2.35. The summed E-state index contributed by atoms with van der Waals surface area (Å²) in [6.07, 6.45) is 0.800. The third-order valence-corrected chi connectivity index (χ3v) is 5.26. The van der Waals surface area contributed by atoms with Gasteiger partial charge in [0, 0.05) is 36.6 Å². The van der Waals surface area contributed by atoms with Crippen LogP contribution in [-0.4, -0.2) is 29.9 Å². The van der Waals surface area contributed by atoms with Crippen LogP contribution in [0.3, 0.4) is 0 Å². The molecule has 3 amide bonds. The molecular weight excluding hydrogens is 407 g/mol.